The smallest absolute Gasteiger partial charge is 0.459 e. The number of nitrogens with zero attached hydrogens (tertiary/aromatic N) is 1. The van der Waals surface area contributed by atoms with E-state index in [9.17, 15) is 24.1 Å². The molecule has 0 spiro atoms. The second-order valence-electron chi connectivity index (χ2n) is 9.36. The Bertz CT molecular complexity index is 1540. The average molecular weight is 661 g/mol. The fourth-order valence-corrected chi connectivity index (χ4v) is 6.45. The van der Waals surface area contributed by atoms with E-state index >= 15 is 0 Å². The number of halogens is 2. The molecule has 3 aromatic rings. The summed E-state index contributed by atoms with van der Waals surface area (Å²) in [6.07, 6.45) is -3.23. The number of nitrogens with one attached hydrogen (secondary N) is 2. The molecule has 0 aliphatic carbocycles. The van der Waals surface area contributed by atoms with E-state index in [0.717, 1.165) is 22.2 Å². The molecule has 4 rings (SSSR count). The molecule has 1 aliphatic heterocycles. The van der Waals surface area contributed by atoms with Crippen LogP contribution < -0.4 is 20.9 Å². The van der Waals surface area contributed by atoms with Gasteiger partial charge in [0.05, 0.1) is 12.7 Å². The van der Waals surface area contributed by atoms with E-state index in [0.29, 0.717) is 5.39 Å². The number of rotatable bonds is 10. The second-order valence-corrected chi connectivity index (χ2v) is 13.4. The highest BCUT2D eigenvalue weighted by molar-refractivity contribution is 9.10. The molecular weight excluding hydrogens is 633 g/mol. The number of alkyl halides is 2. The summed E-state index contributed by atoms with van der Waals surface area (Å²) in [7, 11) is -4.34. The summed E-state index contributed by atoms with van der Waals surface area (Å²) in [6, 6.07) is 12.4. The number of hydrogen-bond donors (Lipinski definition) is 3. The van der Waals surface area contributed by atoms with E-state index in [1.165, 1.54) is 6.92 Å². The number of aliphatic hydroxyl groups is 1. The second kappa shape index (κ2) is 12.2. The number of carbonyl (C=O) groups excluding carboxylic acids is 1. The Morgan fingerprint density at radius 2 is 1.93 bits per heavy atom. The van der Waals surface area contributed by atoms with E-state index in [1.807, 2.05) is 18.2 Å². The number of hydrogen-bond acceptors (Lipinski definition) is 9. The first-order valence-corrected chi connectivity index (χ1v) is 14.9. The third-order valence-electron chi connectivity index (χ3n) is 5.92. The van der Waals surface area contributed by atoms with Crippen LogP contribution in [0.4, 0.5) is 0 Å². The lowest BCUT2D eigenvalue weighted by Crippen LogP contribution is -2.41. The van der Waals surface area contributed by atoms with E-state index in [1.54, 1.807) is 38.1 Å². The molecule has 1 fully saturated rings. The molecule has 0 amide bonds. The zero-order valence-corrected chi connectivity index (χ0v) is 24.9. The van der Waals surface area contributed by atoms with Crippen LogP contribution in [0.2, 0.25) is 0 Å². The van der Waals surface area contributed by atoms with Gasteiger partial charge in [-0.1, -0.05) is 63.9 Å². The molecule has 40 heavy (non-hydrogen) atoms. The molecule has 0 bridgehead atoms. The van der Waals surface area contributed by atoms with Gasteiger partial charge in [0.25, 0.3) is 5.56 Å². The van der Waals surface area contributed by atoms with Crippen molar-refractivity contribution in [3.05, 3.63) is 75.6 Å². The molecular formula is C25H28BrClN3O9P. The Morgan fingerprint density at radius 1 is 1.23 bits per heavy atom. The topological polar surface area (TPSA) is 158 Å². The predicted molar refractivity (Wildman–Crippen MR) is 151 cm³/mol. The largest absolute Gasteiger partial charge is 0.462 e. The minimum Gasteiger partial charge on any atom is -0.462 e. The lowest BCUT2D eigenvalue weighted by atomic mass is 10.1. The van der Waals surface area contributed by atoms with Gasteiger partial charge in [0.1, 0.15) is 24.0 Å². The number of fused-ring (bicyclic) bond motifs is 1. The van der Waals surface area contributed by atoms with Crippen LogP contribution in [0.5, 0.6) is 5.75 Å². The minimum absolute atomic E-state index is 0.219. The number of aromatic amines is 1. The molecule has 12 nitrogen and oxygen atoms in total. The van der Waals surface area contributed by atoms with Crippen LogP contribution in [-0.4, -0.2) is 55.4 Å². The summed E-state index contributed by atoms with van der Waals surface area (Å²) in [5.41, 5.74) is -1.45. The van der Waals surface area contributed by atoms with Crippen molar-refractivity contribution >= 4 is 52.0 Å². The number of aromatic nitrogens is 2. The zero-order valence-electron chi connectivity index (χ0n) is 21.7. The lowest BCUT2D eigenvalue weighted by Gasteiger charge is -2.25. The van der Waals surface area contributed by atoms with Crippen molar-refractivity contribution in [2.45, 2.75) is 55.1 Å². The van der Waals surface area contributed by atoms with Crippen molar-refractivity contribution in [1.29, 1.82) is 0 Å². The first-order chi connectivity index (χ1) is 18.8. The van der Waals surface area contributed by atoms with Gasteiger partial charge in [0.2, 0.25) is 0 Å². The van der Waals surface area contributed by atoms with Gasteiger partial charge in [-0.2, -0.15) is 5.09 Å². The van der Waals surface area contributed by atoms with Crippen LogP contribution in [0.3, 0.4) is 0 Å². The Hall–Kier alpha value is -2.51. The molecule has 15 heteroatoms. The van der Waals surface area contributed by atoms with Gasteiger partial charge < -0.3 is 19.1 Å². The van der Waals surface area contributed by atoms with Crippen molar-refractivity contribution in [3.63, 3.8) is 0 Å². The molecule has 1 saturated heterocycles. The molecule has 0 saturated carbocycles. The van der Waals surface area contributed by atoms with Gasteiger partial charge in [-0.15, -0.1) is 0 Å². The minimum atomic E-state index is -4.34. The van der Waals surface area contributed by atoms with Gasteiger partial charge >= 0.3 is 19.4 Å². The van der Waals surface area contributed by atoms with Crippen molar-refractivity contribution in [2.75, 3.05) is 6.61 Å². The molecule has 2 heterocycles. The van der Waals surface area contributed by atoms with E-state index in [-0.39, 0.29) is 5.75 Å². The van der Waals surface area contributed by atoms with Crippen molar-refractivity contribution in [3.8, 4) is 5.75 Å². The number of ether oxygens (including phenoxy) is 2. The van der Waals surface area contributed by atoms with Gasteiger partial charge in [0, 0.05) is 17.6 Å². The van der Waals surface area contributed by atoms with Crippen molar-refractivity contribution in [2.24, 2.45) is 0 Å². The monoisotopic (exact) mass is 659 g/mol. The van der Waals surface area contributed by atoms with Crippen LogP contribution >= 0.6 is 35.3 Å². The molecule has 1 aliphatic rings. The fourth-order valence-electron chi connectivity index (χ4n) is 4.01. The van der Waals surface area contributed by atoms with Crippen molar-refractivity contribution < 1.29 is 33.0 Å². The number of H-pyrrole nitrogens is 1. The van der Waals surface area contributed by atoms with Crippen LogP contribution in [0.1, 0.15) is 27.0 Å². The molecule has 3 unspecified atom stereocenters. The van der Waals surface area contributed by atoms with Gasteiger partial charge in [0.15, 0.2) is 10.0 Å². The maximum absolute atomic E-state index is 14.1. The molecule has 216 valence electrons. The van der Waals surface area contributed by atoms with E-state index in [2.05, 4.69) is 26.0 Å². The summed E-state index contributed by atoms with van der Waals surface area (Å²) >= 11 is 9.70. The van der Waals surface area contributed by atoms with Gasteiger partial charge in [-0.3, -0.25) is 23.7 Å². The fraction of sp³-hybridized carbons (Fsp3) is 0.400. The van der Waals surface area contributed by atoms with Crippen LogP contribution in [0.15, 0.2) is 64.3 Å². The van der Waals surface area contributed by atoms with Crippen molar-refractivity contribution in [1.82, 2.24) is 14.6 Å². The highest BCUT2D eigenvalue weighted by Gasteiger charge is 2.55. The summed E-state index contributed by atoms with van der Waals surface area (Å²) in [5, 5.41) is 14.9. The normalized spacial score (nSPS) is 25.0. The Balaban J connectivity index is 1.60. The number of aliphatic hydroxyl groups excluding tert-OH is 1. The summed E-state index contributed by atoms with van der Waals surface area (Å²) in [5.74, 6) is -0.466. The highest BCUT2D eigenvalue weighted by atomic mass is 79.9. The van der Waals surface area contributed by atoms with Gasteiger partial charge in [-0.05, 0) is 32.2 Å². The van der Waals surface area contributed by atoms with E-state index in [4.69, 9.17) is 30.1 Å². The number of carbonyl (C=O) groups is 1. The molecule has 6 atom stereocenters. The molecule has 3 N–H and O–H groups in total. The van der Waals surface area contributed by atoms with E-state index < -0.39 is 65.9 Å². The molecule has 1 aromatic heterocycles. The van der Waals surface area contributed by atoms with Crippen LogP contribution in [-0.2, 0) is 23.4 Å². The maximum atomic E-state index is 14.1. The molecule has 2 aromatic carbocycles. The lowest BCUT2D eigenvalue weighted by molar-refractivity contribution is -0.149. The molecule has 0 radical (unpaired) electrons. The SMILES string of the molecule is CC(C)OC(=O)[C@H](C)NP(=O)(OCC1OC(n2ccc(=O)[nH]c2=O)[C@](Cl)(Br)[C@@H]1O)Oc1cccc2ccccc12. The number of benzene rings is 2. The third kappa shape index (κ3) is 6.68. The standard InChI is InChI=1S/C25H28BrClN3O9P/c1-14(2)37-22(33)15(3)29-40(35,39-18-10-6-8-16-7-4-5-9-17(16)18)36-13-19-21(32)25(26,27)23(38-19)30-12-11-20(31)28-24(30)34/h4-12,14-15,19,21,23,32H,13H2,1-3H3,(H,29,35)(H,28,31,34)/t15-,19?,21+,23?,25-,40?/m0/s1. The van der Waals surface area contributed by atoms with Crippen LogP contribution in [0.25, 0.3) is 10.8 Å². The Morgan fingerprint density at radius 3 is 2.62 bits per heavy atom. The average Bonchev–Trinajstić information content (AvgIpc) is 3.11. The summed E-state index contributed by atoms with van der Waals surface area (Å²) in [6.45, 7) is 4.26. The zero-order chi connectivity index (χ0) is 29.2. The first-order valence-electron chi connectivity index (χ1n) is 12.2. The third-order valence-corrected chi connectivity index (χ3v) is 8.82. The van der Waals surface area contributed by atoms with Crippen LogP contribution in [0, 0.1) is 0 Å². The number of esters is 1. The summed E-state index contributed by atoms with van der Waals surface area (Å²) < 4.78 is 35.9. The Labute approximate surface area is 242 Å². The summed E-state index contributed by atoms with van der Waals surface area (Å²) in [4.78, 5) is 38.4. The van der Waals surface area contributed by atoms with Gasteiger partial charge in [-0.25, -0.2) is 9.36 Å². The first kappa shape index (κ1) is 30.4. The quantitative estimate of drug-likeness (QED) is 0.167. The maximum Gasteiger partial charge on any atom is 0.459 e. The Kier molecular flexibility index (Phi) is 9.25. The predicted octanol–water partition coefficient (Wildman–Crippen LogP) is 3.41. The highest BCUT2D eigenvalue weighted by Crippen LogP contribution is 2.51.